The summed E-state index contributed by atoms with van der Waals surface area (Å²) in [6, 6.07) is 12.9. The third-order valence-electron chi connectivity index (χ3n) is 7.57. The monoisotopic (exact) mass is 504 g/mol. The minimum atomic E-state index is -0.630. The van der Waals surface area contributed by atoms with Crippen LogP contribution in [0.2, 0.25) is 0 Å². The molecule has 1 saturated heterocycles. The van der Waals surface area contributed by atoms with Gasteiger partial charge in [-0.1, -0.05) is 58.9 Å². The van der Waals surface area contributed by atoms with Crippen LogP contribution in [-0.2, 0) is 21.4 Å². The fraction of sp³-hybridized carbons (Fsp3) is 0.484. The molecule has 198 valence electrons. The second kappa shape index (κ2) is 10.7. The van der Waals surface area contributed by atoms with E-state index in [9.17, 15) is 14.7 Å². The highest BCUT2D eigenvalue weighted by Crippen LogP contribution is 2.41. The number of amides is 1. The van der Waals surface area contributed by atoms with Gasteiger partial charge < -0.3 is 19.6 Å². The van der Waals surface area contributed by atoms with Crippen molar-refractivity contribution in [1.82, 2.24) is 9.80 Å². The number of ether oxygens (including phenoxy) is 1. The van der Waals surface area contributed by atoms with E-state index >= 15 is 0 Å². The highest BCUT2D eigenvalue weighted by atomic mass is 16.5. The lowest BCUT2D eigenvalue weighted by atomic mass is 9.85. The zero-order chi connectivity index (χ0) is 26.9. The third-order valence-corrected chi connectivity index (χ3v) is 7.57. The Morgan fingerprint density at radius 2 is 1.76 bits per heavy atom. The average Bonchev–Trinajstić information content (AvgIpc) is 3.36. The van der Waals surface area contributed by atoms with Gasteiger partial charge in [0.05, 0.1) is 11.6 Å². The summed E-state index contributed by atoms with van der Waals surface area (Å²) in [6.07, 6.45) is 1.57. The number of aliphatic hydroxyl groups excluding tert-OH is 1. The molecule has 2 aromatic rings. The zero-order valence-electron chi connectivity index (χ0n) is 23.0. The number of carbonyl (C=O) groups excluding carboxylic acids is 2. The molecule has 1 N–H and O–H groups in total. The van der Waals surface area contributed by atoms with Crippen molar-refractivity contribution < 1.29 is 19.4 Å². The van der Waals surface area contributed by atoms with Gasteiger partial charge in [-0.3, -0.25) is 9.59 Å². The maximum Gasteiger partial charge on any atom is 0.295 e. The number of nitrogens with zero attached hydrogens (tertiary/aromatic N) is 2. The van der Waals surface area contributed by atoms with Crippen molar-refractivity contribution in [2.24, 2.45) is 0 Å². The summed E-state index contributed by atoms with van der Waals surface area (Å²) >= 11 is 0. The van der Waals surface area contributed by atoms with Crippen LogP contribution in [0.1, 0.15) is 76.3 Å². The van der Waals surface area contributed by atoms with E-state index < -0.39 is 17.7 Å². The molecule has 0 aliphatic carbocycles. The molecule has 1 amide bonds. The van der Waals surface area contributed by atoms with Gasteiger partial charge in [0.25, 0.3) is 11.7 Å². The van der Waals surface area contributed by atoms with Crippen molar-refractivity contribution in [3.63, 3.8) is 0 Å². The first-order chi connectivity index (χ1) is 17.5. The lowest BCUT2D eigenvalue weighted by Crippen LogP contribution is -2.33. The van der Waals surface area contributed by atoms with Crippen LogP contribution in [0, 0.1) is 0 Å². The number of aliphatic hydroxyl groups is 1. The van der Waals surface area contributed by atoms with Gasteiger partial charge in [-0.25, -0.2) is 0 Å². The smallest absolute Gasteiger partial charge is 0.295 e. The molecule has 0 bridgehead atoms. The molecule has 0 saturated carbocycles. The van der Waals surface area contributed by atoms with Gasteiger partial charge in [-0.15, -0.1) is 0 Å². The largest absolute Gasteiger partial charge is 0.507 e. The first-order valence-electron chi connectivity index (χ1n) is 13.5. The molecular weight excluding hydrogens is 464 g/mol. The standard InChI is InChI=1S/C31H40N2O4/c1-7-32(8-2)16-9-17-33-27(21-10-13-24(14-11-21)31(4,5)6)26(29(35)30(33)36)28(34)22-12-15-25-23(19-22)18-20(3)37-25/h10-15,19-20,27,34H,7-9,16-18H2,1-6H3/b28-26+/t20-,27+/m1/s1. The van der Waals surface area contributed by atoms with Gasteiger partial charge in [-0.2, -0.15) is 0 Å². The van der Waals surface area contributed by atoms with Crippen LogP contribution < -0.4 is 4.74 Å². The summed E-state index contributed by atoms with van der Waals surface area (Å²) in [6.45, 7) is 15.9. The summed E-state index contributed by atoms with van der Waals surface area (Å²) in [7, 11) is 0. The van der Waals surface area contributed by atoms with Crippen LogP contribution in [0.25, 0.3) is 5.76 Å². The number of ketones is 1. The number of benzene rings is 2. The van der Waals surface area contributed by atoms with E-state index in [2.05, 4.69) is 51.7 Å². The Hall–Kier alpha value is -3.12. The number of hydrogen-bond acceptors (Lipinski definition) is 5. The lowest BCUT2D eigenvalue weighted by molar-refractivity contribution is -0.140. The second-order valence-electron chi connectivity index (χ2n) is 11.2. The minimum absolute atomic E-state index is 0.0201. The van der Waals surface area contributed by atoms with Crippen molar-refractivity contribution in [3.8, 4) is 5.75 Å². The van der Waals surface area contributed by atoms with Crippen LogP contribution >= 0.6 is 0 Å². The van der Waals surface area contributed by atoms with Crippen molar-refractivity contribution in [1.29, 1.82) is 0 Å². The van der Waals surface area contributed by atoms with Gasteiger partial charge in [0, 0.05) is 18.5 Å². The number of carbonyl (C=O) groups is 2. The van der Waals surface area contributed by atoms with Crippen LogP contribution in [0.15, 0.2) is 48.0 Å². The molecule has 6 nitrogen and oxygen atoms in total. The summed E-state index contributed by atoms with van der Waals surface area (Å²) < 4.78 is 5.80. The summed E-state index contributed by atoms with van der Waals surface area (Å²) in [4.78, 5) is 30.6. The van der Waals surface area contributed by atoms with Crippen molar-refractivity contribution in [2.75, 3.05) is 26.2 Å². The zero-order valence-corrected chi connectivity index (χ0v) is 23.0. The molecular formula is C31H40N2O4. The van der Waals surface area contributed by atoms with E-state index in [1.165, 1.54) is 5.56 Å². The number of hydrogen-bond donors (Lipinski definition) is 1. The molecule has 4 rings (SSSR count). The van der Waals surface area contributed by atoms with Gasteiger partial charge >= 0.3 is 0 Å². The minimum Gasteiger partial charge on any atom is -0.507 e. The molecule has 0 radical (unpaired) electrons. The average molecular weight is 505 g/mol. The van der Waals surface area contributed by atoms with Crippen LogP contribution in [0.5, 0.6) is 5.75 Å². The Morgan fingerprint density at radius 1 is 1.08 bits per heavy atom. The fourth-order valence-corrected chi connectivity index (χ4v) is 5.35. The molecule has 2 aliphatic heterocycles. The molecule has 6 heteroatoms. The molecule has 37 heavy (non-hydrogen) atoms. The highest BCUT2D eigenvalue weighted by molar-refractivity contribution is 6.46. The number of Topliss-reactive ketones (excluding diaryl/α,β-unsaturated/α-hetero) is 1. The second-order valence-corrected chi connectivity index (χ2v) is 11.2. The van der Waals surface area contributed by atoms with Crippen LogP contribution in [0.4, 0.5) is 0 Å². The van der Waals surface area contributed by atoms with E-state index in [1.54, 1.807) is 11.0 Å². The molecule has 0 spiro atoms. The van der Waals surface area contributed by atoms with Crippen molar-refractivity contribution in [3.05, 3.63) is 70.3 Å². The molecule has 2 heterocycles. The number of likely N-dealkylation sites (tertiary alicyclic amines) is 1. The van der Waals surface area contributed by atoms with Crippen molar-refractivity contribution >= 4 is 17.4 Å². The molecule has 1 fully saturated rings. The van der Waals surface area contributed by atoms with Gasteiger partial charge in [0.1, 0.15) is 17.6 Å². The predicted molar refractivity (Wildman–Crippen MR) is 147 cm³/mol. The maximum absolute atomic E-state index is 13.4. The Balaban J connectivity index is 1.75. The lowest BCUT2D eigenvalue weighted by Gasteiger charge is -2.27. The van der Waals surface area contributed by atoms with E-state index in [0.29, 0.717) is 12.1 Å². The van der Waals surface area contributed by atoms with E-state index in [0.717, 1.165) is 49.4 Å². The molecule has 0 unspecified atom stereocenters. The first kappa shape index (κ1) is 26.9. The van der Waals surface area contributed by atoms with Gasteiger partial charge in [0.2, 0.25) is 0 Å². The maximum atomic E-state index is 13.4. The molecule has 2 aromatic carbocycles. The Bertz CT molecular complexity index is 1190. The first-order valence-corrected chi connectivity index (χ1v) is 13.5. The Morgan fingerprint density at radius 3 is 2.38 bits per heavy atom. The SMILES string of the molecule is CCN(CC)CCCN1C(=O)C(=O)/C(=C(/O)c2ccc3c(c2)C[C@@H](C)O3)[C@@H]1c1ccc(C(C)(C)C)cc1. The summed E-state index contributed by atoms with van der Waals surface area (Å²) in [5.41, 5.74) is 3.67. The van der Waals surface area contributed by atoms with Crippen LogP contribution in [-0.4, -0.2) is 58.9 Å². The summed E-state index contributed by atoms with van der Waals surface area (Å²) in [5.74, 6) is -0.508. The van der Waals surface area contributed by atoms with E-state index in [4.69, 9.17) is 4.74 Å². The van der Waals surface area contributed by atoms with Crippen molar-refractivity contribution in [2.45, 2.75) is 71.9 Å². The summed E-state index contributed by atoms with van der Waals surface area (Å²) in [5, 5.41) is 11.5. The Kier molecular flexibility index (Phi) is 7.79. The van der Waals surface area contributed by atoms with E-state index in [1.807, 2.05) is 31.2 Å². The number of fused-ring (bicyclic) bond motifs is 1. The molecule has 2 atom stereocenters. The third kappa shape index (κ3) is 5.45. The normalized spacial score (nSPS) is 21.0. The number of rotatable bonds is 8. The molecule has 2 aliphatic rings. The fourth-order valence-electron chi connectivity index (χ4n) is 5.35. The topological polar surface area (TPSA) is 70.1 Å². The van der Waals surface area contributed by atoms with Gasteiger partial charge in [-0.05, 0) is 73.3 Å². The highest BCUT2D eigenvalue weighted by Gasteiger charge is 2.46. The van der Waals surface area contributed by atoms with Crippen LogP contribution in [0.3, 0.4) is 0 Å². The Labute approximate surface area is 220 Å². The van der Waals surface area contributed by atoms with Gasteiger partial charge in [0.15, 0.2) is 0 Å². The molecule has 0 aromatic heterocycles. The predicted octanol–water partition coefficient (Wildman–Crippen LogP) is 5.46. The van der Waals surface area contributed by atoms with E-state index in [-0.39, 0.29) is 22.9 Å². The quantitative estimate of drug-likeness (QED) is 0.294.